The van der Waals surface area contributed by atoms with Gasteiger partial charge in [0.2, 0.25) is 0 Å². The predicted molar refractivity (Wildman–Crippen MR) is 87.9 cm³/mol. The van der Waals surface area contributed by atoms with E-state index in [1.165, 1.54) is 5.56 Å². The van der Waals surface area contributed by atoms with Crippen molar-refractivity contribution in [3.63, 3.8) is 0 Å². The SMILES string of the molecule is CCC1(CC)CSC(=NCCOc2cccc(C)c2)N1. The standard InChI is InChI=1S/C16H24N2OS/c1-4-16(5-2)12-20-15(18-16)17-9-10-19-14-8-6-7-13(3)11-14/h6-8,11H,4-5,9-10,12H2,1-3H3,(H,17,18). The van der Waals surface area contributed by atoms with Gasteiger partial charge in [0.15, 0.2) is 5.17 Å². The van der Waals surface area contributed by atoms with Gasteiger partial charge >= 0.3 is 0 Å². The number of nitrogens with one attached hydrogen (secondary N) is 1. The molecule has 1 aliphatic heterocycles. The Morgan fingerprint density at radius 3 is 2.80 bits per heavy atom. The van der Waals surface area contributed by atoms with Crippen LogP contribution in [0.2, 0.25) is 0 Å². The summed E-state index contributed by atoms with van der Waals surface area (Å²) in [6.07, 6.45) is 2.30. The van der Waals surface area contributed by atoms with Crippen molar-refractivity contribution in [1.29, 1.82) is 0 Å². The zero-order chi connectivity index (χ0) is 14.4. The Labute approximate surface area is 126 Å². The maximum absolute atomic E-state index is 5.71. The Bertz CT molecular complexity index is 469. The molecule has 1 saturated heterocycles. The average molecular weight is 292 g/mol. The summed E-state index contributed by atoms with van der Waals surface area (Å²) in [6.45, 7) is 7.87. The molecule has 1 aromatic carbocycles. The summed E-state index contributed by atoms with van der Waals surface area (Å²) >= 11 is 1.83. The van der Waals surface area contributed by atoms with E-state index >= 15 is 0 Å². The van der Waals surface area contributed by atoms with E-state index in [4.69, 9.17) is 4.74 Å². The van der Waals surface area contributed by atoms with Gasteiger partial charge in [-0.15, -0.1) is 0 Å². The lowest BCUT2D eigenvalue weighted by atomic mass is 9.96. The highest BCUT2D eigenvalue weighted by atomic mass is 32.2. The maximum Gasteiger partial charge on any atom is 0.157 e. The van der Waals surface area contributed by atoms with Crippen LogP contribution in [0.3, 0.4) is 0 Å². The summed E-state index contributed by atoms with van der Waals surface area (Å²) in [5.74, 6) is 2.05. The first-order chi connectivity index (χ1) is 9.67. The second kappa shape index (κ2) is 7.02. The van der Waals surface area contributed by atoms with Crippen molar-refractivity contribution in [2.45, 2.75) is 39.2 Å². The highest BCUT2D eigenvalue weighted by Crippen LogP contribution is 2.28. The molecule has 0 amide bonds. The van der Waals surface area contributed by atoms with Crippen LogP contribution in [0.1, 0.15) is 32.3 Å². The van der Waals surface area contributed by atoms with Crippen molar-refractivity contribution in [3.05, 3.63) is 29.8 Å². The molecular weight excluding hydrogens is 268 g/mol. The van der Waals surface area contributed by atoms with E-state index in [1.54, 1.807) is 0 Å². The smallest absolute Gasteiger partial charge is 0.157 e. The van der Waals surface area contributed by atoms with E-state index in [0.717, 1.165) is 29.5 Å². The number of aryl methyl sites for hydroxylation is 1. The number of aliphatic imine (C=N–C) groups is 1. The lowest BCUT2D eigenvalue weighted by molar-refractivity contribution is 0.328. The van der Waals surface area contributed by atoms with E-state index in [1.807, 2.05) is 23.9 Å². The van der Waals surface area contributed by atoms with Crippen molar-refractivity contribution in [1.82, 2.24) is 5.32 Å². The van der Waals surface area contributed by atoms with E-state index in [9.17, 15) is 0 Å². The third-order valence-electron chi connectivity index (χ3n) is 3.82. The minimum absolute atomic E-state index is 0.251. The maximum atomic E-state index is 5.71. The zero-order valence-corrected chi connectivity index (χ0v) is 13.4. The molecule has 1 fully saturated rings. The van der Waals surface area contributed by atoms with E-state index in [0.29, 0.717) is 13.2 Å². The molecule has 20 heavy (non-hydrogen) atoms. The van der Waals surface area contributed by atoms with Gasteiger partial charge in [-0.2, -0.15) is 0 Å². The molecule has 0 unspecified atom stereocenters. The molecule has 1 heterocycles. The summed E-state index contributed by atoms with van der Waals surface area (Å²) in [5.41, 5.74) is 1.47. The van der Waals surface area contributed by atoms with Crippen molar-refractivity contribution >= 4 is 16.9 Å². The second-order valence-corrected chi connectivity index (χ2v) is 6.22. The van der Waals surface area contributed by atoms with Gasteiger partial charge in [0.1, 0.15) is 12.4 Å². The Morgan fingerprint density at radius 2 is 2.15 bits per heavy atom. The van der Waals surface area contributed by atoms with Crippen LogP contribution in [0, 0.1) is 6.92 Å². The minimum Gasteiger partial charge on any atom is -0.492 e. The Hall–Kier alpha value is -1.16. The van der Waals surface area contributed by atoms with Crippen LogP contribution in [0.25, 0.3) is 0 Å². The van der Waals surface area contributed by atoms with Gasteiger partial charge < -0.3 is 10.1 Å². The van der Waals surface area contributed by atoms with Crippen molar-refractivity contribution < 1.29 is 4.74 Å². The van der Waals surface area contributed by atoms with Crippen molar-refractivity contribution in [3.8, 4) is 5.75 Å². The molecule has 110 valence electrons. The fourth-order valence-electron chi connectivity index (χ4n) is 2.24. The largest absolute Gasteiger partial charge is 0.492 e. The first-order valence-electron chi connectivity index (χ1n) is 7.32. The number of ether oxygens (including phenoxy) is 1. The number of hydrogen-bond donors (Lipinski definition) is 1. The molecule has 0 bridgehead atoms. The zero-order valence-electron chi connectivity index (χ0n) is 12.6. The summed E-state index contributed by atoms with van der Waals surface area (Å²) in [4.78, 5) is 4.60. The van der Waals surface area contributed by atoms with Crippen LogP contribution < -0.4 is 10.1 Å². The lowest BCUT2D eigenvalue weighted by Gasteiger charge is -2.25. The number of benzene rings is 1. The molecule has 4 heteroatoms. The molecule has 2 rings (SSSR count). The molecule has 0 aromatic heterocycles. The van der Waals surface area contributed by atoms with Crippen LogP contribution in [0.15, 0.2) is 29.3 Å². The summed E-state index contributed by atoms with van der Waals surface area (Å²) in [6, 6.07) is 8.12. The van der Waals surface area contributed by atoms with E-state index < -0.39 is 0 Å². The number of amidine groups is 1. The van der Waals surface area contributed by atoms with Gasteiger partial charge in [-0.3, -0.25) is 4.99 Å². The summed E-state index contributed by atoms with van der Waals surface area (Å²) in [5, 5.41) is 4.64. The summed E-state index contributed by atoms with van der Waals surface area (Å²) < 4.78 is 5.71. The quantitative estimate of drug-likeness (QED) is 0.813. The summed E-state index contributed by atoms with van der Waals surface area (Å²) in [7, 11) is 0. The monoisotopic (exact) mass is 292 g/mol. The molecule has 0 radical (unpaired) electrons. The van der Waals surface area contributed by atoms with E-state index in [2.05, 4.69) is 43.2 Å². The Kier molecular flexibility index (Phi) is 5.35. The normalized spacial score (nSPS) is 19.1. The predicted octanol–water partition coefficient (Wildman–Crippen LogP) is 3.63. The van der Waals surface area contributed by atoms with Gasteiger partial charge in [0.05, 0.1) is 6.54 Å². The number of nitrogens with zero attached hydrogens (tertiary/aromatic N) is 1. The molecule has 0 atom stereocenters. The Balaban J connectivity index is 1.77. The van der Waals surface area contributed by atoms with Crippen molar-refractivity contribution in [2.75, 3.05) is 18.9 Å². The first-order valence-corrected chi connectivity index (χ1v) is 8.31. The fourth-order valence-corrected chi connectivity index (χ4v) is 3.60. The van der Waals surface area contributed by atoms with Gasteiger partial charge in [-0.1, -0.05) is 37.7 Å². The lowest BCUT2D eigenvalue weighted by Crippen LogP contribution is -2.42. The molecule has 1 aromatic rings. The number of rotatable bonds is 6. The Morgan fingerprint density at radius 1 is 1.35 bits per heavy atom. The highest BCUT2D eigenvalue weighted by molar-refractivity contribution is 8.14. The fraction of sp³-hybridized carbons (Fsp3) is 0.562. The highest BCUT2D eigenvalue weighted by Gasteiger charge is 2.33. The molecular formula is C16H24N2OS. The average Bonchev–Trinajstić information content (AvgIpc) is 2.88. The van der Waals surface area contributed by atoms with Crippen LogP contribution in [0.4, 0.5) is 0 Å². The van der Waals surface area contributed by atoms with Gasteiger partial charge in [0.25, 0.3) is 0 Å². The van der Waals surface area contributed by atoms with Crippen LogP contribution in [-0.2, 0) is 0 Å². The molecule has 0 saturated carbocycles. The molecule has 0 aliphatic carbocycles. The van der Waals surface area contributed by atoms with Gasteiger partial charge in [0, 0.05) is 11.3 Å². The van der Waals surface area contributed by atoms with Crippen LogP contribution in [0.5, 0.6) is 5.75 Å². The first kappa shape index (κ1) is 15.2. The van der Waals surface area contributed by atoms with Gasteiger partial charge in [-0.05, 0) is 37.5 Å². The molecule has 1 aliphatic rings. The van der Waals surface area contributed by atoms with Crippen LogP contribution in [-0.4, -0.2) is 29.6 Å². The minimum atomic E-state index is 0.251. The third kappa shape index (κ3) is 3.92. The van der Waals surface area contributed by atoms with Crippen molar-refractivity contribution in [2.24, 2.45) is 4.99 Å². The topological polar surface area (TPSA) is 33.6 Å². The number of hydrogen-bond acceptors (Lipinski definition) is 3. The van der Waals surface area contributed by atoms with Crippen LogP contribution >= 0.6 is 11.8 Å². The molecule has 1 N–H and O–H groups in total. The van der Waals surface area contributed by atoms with E-state index in [-0.39, 0.29) is 5.54 Å². The number of thioether (sulfide) groups is 1. The molecule has 0 spiro atoms. The molecule has 3 nitrogen and oxygen atoms in total. The van der Waals surface area contributed by atoms with Gasteiger partial charge in [-0.25, -0.2) is 0 Å². The second-order valence-electron chi connectivity index (χ2n) is 5.25. The third-order valence-corrected chi connectivity index (χ3v) is 5.02.